The lowest BCUT2D eigenvalue weighted by atomic mass is 10.2. The number of carboxylic acid groups (broad SMARTS) is 1. The van der Waals surface area contributed by atoms with Gasteiger partial charge in [-0.25, -0.2) is 0 Å². The second kappa shape index (κ2) is 14.3. The summed E-state index contributed by atoms with van der Waals surface area (Å²) in [6.45, 7) is 0.216. The van der Waals surface area contributed by atoms with Crippen LogP contribution in [-0.4, -0.2) is 17.7 Å². The fourth-order valence-corrected chi connectivity index (χ4v) is 2.28. The first kappa shape index (κ1) is 24.3. The summed E-state index contributed by atoms with van der Waals surface area (Å²) in [6.07, 6.45) is 15.5. The van der Waals surface area contributed by atoms with Gasteiger partial charge in [-0.05, 0) is 50.3 Å². The molecule has 0 unspecified atom stereocenters. The van der Waals surface area contributed by atoms with E-state index in [0.717, 1.165) is 37.8 Å². The van der Waals surface area contributed by atoms with Crippen molar-refractivity contribution in [2.24, 2.45) is 0 Å². The zero-order chi connectivity index (χ0) is 21.4. The molecule has 0 bridgehead atoms. The Morgan fingerprint density at radius 2 is 1.52 bits per heavy atom. The largest absolute Gasteiger partial charge is 0.490 e. The quantitative estimate of drug-likeness (QED) is 0.291. The van der Waals surface area contributed by atoms with Gasteiger partial charge in [-0.15, -0.1) is 0 Å². The van der Waals surface area contributed by atoms with Gasteiger partial charge in [0.05, 0.1) is 5.56 Å². The van der Waals surface area contributed by atoms with E-state index >= 15 is 0 Å². The predicted octanol–water partition coefficient (Wildman–Crippen LogP) is 6.73. The van der Waals surface area contributed by atoms with Crippen molar-refractivity contribution in [1.82, 2.24) is 0 Å². The summed E-state index contributed by atoms with van der Waals surface area (Å²) < 4.78 is 43.1. The van der Waals surface area contributed by atoms with Crippen molar-refractivity contribution in [3.8, 4) is 5.75 Å². The van der Waals surface area contributed by atoms with Gasteiger partial charge >= 0.3 is 12.1 Å². The fourth-order valence-electron chi connectivity index (χ4n) is 2.28. The second-order valence-electron chi connectivity index (χ2n) is 6.22. The lowest BCUT2D eigenvalue weighted by Crippen LogP contribution is -2.05. The van der Waals surface area contributed by atoms with Crippen molar-refractivity contribution in [1.29, 1.82) is 0 Å². The highest BCUT2D eigenvalue weighted by Crippen LogP contribution is 2.31. The number of rotatable bonds is 13. The summed E-state index contributed by atoms with van der Waals surface area (Å²) in [4.78, 5) is 10.3. The Kier molecular flexibility index (Phi) is 11.9. The normalized spacial score (nSPS) is 12.7. The molecule has 0 atom stereocenters. The van der Waals surface area contributed by atoms with E-state index in [4.69, 9.17) is 9.84 Å². The minimum atomic E-state index is -4.37. The number of hydrogen-bond donors (Lipinski definition) is 1. The topological polar surface area (TPSA) is 46.5 Å². The molecule has 0 aliphatic heterocycles. The van der Waals surface area contributed by atoms with Crippen molar-refractivity contribution in [2.75, 3.05) is 6.61 Å². The molecule has 6 heteroatoms. The third-order valence-corrected chi connectivity index (χ3v) is 3.75. The molecule has 158 valence electrons. The zero-order valence-electron chi connectivity index (χ0n) is 16.3. The summed E-state index contributed by atoms with van der Waals surface area (Å²) in [5.74, 6) is -0.565. The lowest BCUT2D eigenvalue weighted by Gasteiger charge is -2.08. The Balaban J connectivity index is 2.10. The standard InChI is InChI=1S/C23H27F3O3/c24-23(25,26)20-15-14-16-21(19-20)29-18-13-11-9-7-5-3-1-2-4-6-8-10-12-17-22(27)28/h1-2,5-8,11,13-16,19H,3-4,9-10,12,17-18H2,(H,27,28). The molecule has 3 nitrogen and oxygen atoms in total. The number of unbranched alkanes of at least 4 members (excludes halogenated alkanes) is 1. The Morgan fingerprint density at radius 1 is 0.931 bits per heavy atom. The van der Waals surface area contributed by atoms with Gasteiger partial charge in [0, 0.05) is 6.42 Å². The lowest BCUT2D eigenvalue weighted by molar-refractivity contribution is -0.138. The Bertz CT molecular complexity index is 716. The Hall–Kier alpha value is -2.76. The monoisotopic (exact) mass is 408 g/mol. The number of alkyl halides is 3. The van der Waals surface area contributed by atoms with Crippen LogP contribution in [-0.2, 0) is 11.0 Å². The van der Waals surface area contributed by atoms with E-state index in [2.05, 4.69) is 12.2 Å². The van der Waals surface area contributed by atoms with Gasteiger partial charge in [0.15, 0.2) is 0 Å². The number of aliphatic carboxylic acids is 1. The first-order valence-corrected chi connectivity index (χ1v) is 9.51. The van der Waals surface area contributed by atoms with Crippen molar-refractivity contribution < 1.29 is 27.8 Å². The maximum atomic E-state index is 12.6. The second-order valence-corrected chi connectivity index (χ2v) is 6.22. The van der Waals surface area contributed by atoms with Crippen LogP contribution in [0, 0.1) is 0 Å². The van der Waals surface area contributed by atoms with Crippen molar-refractivity contribution >= 4 is 5.97 Å². The van der Waals surface area contributed by atoms with Crippen molar-refractivity contribution in [2.45, 2.75) is 44.7 Å². The molecule has 1 N–H and O–H groups in total. The molecular weight excluding hydrogens is 381 g/mol. The van der Waals surface area contributed by atoms with E-state index < -0.39 is 17.7 Å². The Morgan fingerprint density at radius 3 is 2.10 bits per heavy atom. The summed E-state index contributed by atoms with van der Waals surface area (Å²) in [5.41, 5.74) is -0.719. The molecule has 0 fully saturated rings. The van der Waals surface area contributed by atoms with Crippen LogP contribution in [0.25, 0.3) is 0 Å². The average Bonchev–Trinajstić information content (AvgIpc) is 2.67. The molecule has 0 radical (unpaired) electrons. The van der Waals surface area contributed by atoms with E-state index in [0.29, 0.717) is 6.42 Å². The molecule has 0 aliphatic carbocycles. The first-order chi connectivity index (χ1) is 13.9. The SMILES string of the molecule is O=C(O)CCCC=CCC=CCC=CCC=CCOc1cccc(C(F)(F)F)c1. The van der Waals surface area contributed by atoms with Gasteiger partial charge in [-0.3, -0.25) is 4.79 Å². The van der Waals surface area contributed by atoms with Crippen LogP contribution in [0.1, 0.15) is 44.1 Å². The smallest absolute Gasteiger partial charge is 0.416 e. The number of hydrogen-bond acceptors (Lipinski definition) is 2. The van der Waals surface area contributed by atoms with Gasteiger partial charge in [-0.1, -0.05) is 54.7 Å². The average molecular weight is 408 g/mol. The highest BCUT2D eigenvalue weighted by Gasteiger charge is 2.30. The third-order valence-electron chi connectivity index (χ3n) is 3.75. The van der Waals surface area contributed by atoms with Crippen LogP contribution in [0.2, 0.25) is 0 Å². The highest BCUT2D eigenvalue weighted by atomic mass is 19.4. The van der Waals surface area contributed by atoms with Gasteiger partial charge < -0.3 is 9.84 Å². The minimum Gasteiger partial charge on any atom is -0.490 e. The van der Waals surface area contributed by atoms with E-state index in [1.54, 1.807) is 6.08 Å². The number of carboxylic acids is 1. The fraction of sp³-hybridized carbons (Fsp3) is 0.348. The molecule has 0 aromatic heterocycles. The van der Waals surface area contributed by atoms with E-state index in [-0.39, 0.29) is 18.8 Å². The first-order valence-electron chi connectivity index (χ1n) is 9.51. The summed E-state index contributed by atoms with van der Waals surface area (Å²) in [7, 11) is 0. The predicted molar refractivity (Wildman–Crippen MR) is 109 cm³/mol. The number of carbonyl (C=O) groups is 1. The number of benzene rings is 1. The molecule has 1 aromatic rings. The van der Waals surface area contributed by atoms with Crippen LogP contribution in [0.4, 0.5) is 13.2 Å². The van der Waals surface area contributed by atoms with Gasteiger partial charge in [0.25, 0.3) is 0 Å². The van der Waals surface area contributed by atoms with Crippen LogP contribution in [0.5, 0.6) is 5.75 Å². The molecule has 0 saturated carbocycles. The van der Waals surface area contributed by atoms with Gasteiger partial charge in [0.2, 0.25) is 0 Å². The van der Waals surface area contributed by atoms with E-state index in [1.165, 1.54) is 12.1 Å². The van der Waals surface area contributed by atoms with Crippen molar-refractivity contribution in [3.05, 3.63) is 78.4 Å². The summed E-state index contributed by atoms with van der Waals surface area (Å²) in [5, 5.41) is 8.51. The summed E-state index contributed by atoms with van der Waals surface area (Å²) >= 11 is 0. The van der Waals surface area contributed by atoms with Crippen LogP contribution < -0.4 is 4.74 Å². The molecule has 0 heterocycles. The maximum absolute atomic E-state index is 12.6. The zero-order valence-corrected chi connectivity index (χ0v) is 16.3. The molecule has 0 spiro atoms. The highest BCUT2D eigenvalue weighted by molar-refractivity contribution is 5.66. The van der Waals surface area contributed by atoms with E-state index in [1.807, 2.05) is 30.4 Å². The third kappa shape index (κ3) is 13.1. The molecule has 0 amide bonds. The van der Waals surface area contributed by atoms with Gasteiger partial charge in [0.1, 0.15) is 12.4 Å². The van der Waals surface area contributed by atoms with Crippen LogP contribution >= 0.6 is 0 Å². The molecule has 1 rings (SSSR count). The number of ether oxygens (including phenoxy) is 1. The number of halogens is 3. The molecular formula is C23H27F3O3. The van der Waals surface area contributed by atoms with Crippen LogP contribution in [0.15, 0.2) is 72.9 Å². The minimum absolute atomic E-state index is 0.195. The number of allylic oxidation sites excluding steroid dienone is 7. The maximum Gasteiger partial charge on any atom is 0.416 e. The van der Waals surface area contributed by atoms with Crippen molar-refractivity contribution in [3.63, 3.8) is 0 Å². The molecule has 0 saturated heterocycles. The van der Waals surface area contributed by atoms with Gasteiger partial charge in [-0.2, -0.15) is 13.2 Å². The molecule has 0 aliphatic rings. The van der Waals surface area contributed by atoms with Crippen LogP contribution in [0.3, 0.4) is 0 Å². The summed E-state index contributed by atoms with van der Waals surface area (Å²) in [6, 6.07) is 4.83. The Labute approximate surface area is 169 Å². The molecule has 29 heavy (non-hydrogen) atoms. The van der Waals surface area contributed by atoms with E-state index in [9.17, 15) is 18.0 Å². The molecule has 1 aromatic carbocycles.